The fraction of sp³-hybridized carbons (Fsp3) is 0.300. The van der Waals surface area contributed by atoms with E-state index in [-0.39, 0.29) is 12.5 Å². The highest BCUT2D eigenvalue weighted by Gasteiger charge is 2.23. The van der Waals surface area contributed by atoms with Crippen LogP contribution in [0.25, 0.3) is 0 Å². The predicted molar refractivity (Wildman–Crippen MR) is 97.1 cm³/mol. The summed E-state index contributed by atoms with van der Waals surface area (Å²) in [7, 11) is 0. The Kier molecular flexibility index (Phi) is 6.25. The molecule has 7 heteroatoms. The largest absolute Gasteiger partial charge is 0.484 e. The quantitative estimate of drug-likeness (QED) is 0.828. The SMILES string of the molecule is O=C(COc1cccc(F)c1)N1CCCN(C(=O)Oc2ccccc2)CC1. The predicted octanol–water partition coefficient (Wildman–Crippen LogP) is 2.94. The molecule has 27 heavy (non-hydrogen) atoms. The third kappa shape index (κ3) is 5.44. The Morgan fingerprint density at radius 2 is 1.59 bits per heavy atom. The summed E-state index contributed by atoms with van der Waals surface area (Å²) in [6.45, 7) is 1.66. The van der Waals surface area contributed by atoms with Crippen LogP contribution in [-0.2, 0) is 4.79 Å². The molecule has 1 aliphatic rings. The van der Waals surface area contributed by atoms with Crippen molar-refractivity contribution in [3.63, 3.8) is 0 Å². The van der Waals surface area contributed by atoms with E-state index in [1.807, 2.05) is 6.07 Å². The molecule has 0 aliphatic carbocycles. The third-order valence-electron chi connectivity index (χ3n) is 4.21. The van der Waals surface area contributed by atoms with Crippen LogP contribution < -0.4 is 9.47 Å². The van der Waals surface area contributed by atoms with E-state index in [4.69, 9.17) is 9.47 Å². The third-order valence-corrected chi connectivity index (χ3v) is 4.21. The van der Waals surface area contributed by atoms with Crippen molar-refractivity contribution in [1.82, 2.24) is 9.80 Å². The van der Waals surface area contributed by atoms with Gasteiger partial charge in [0.2, 0.25) is 0 Å². The maximum absolute atomic E-state index is 13.2. The monoisotopic (exact) mass is 372 g/mol. The van der Waals surface area contributed by atoms with Gasteiger partial charge in [0.05, 0.1) is 0 Å². The number of carbonyl (C=O) groups is 2. The summed E-state index contributed by atoms with van der Waals surface area (Å²) in [6.07, 6.45) is 0.224. The minimum absolute atomic E-state index is 0.169. The molecule has 1 fully saturated rings. The van der Waals surface area contributed by atoms with Crippen LogP contribution in [0.5, 0.6) is 11.5 Å². The lowest BCUT2D eigenvalue weighted by molar-refractivity contribution is -0.133. The van der Waals surface area contributed by atoms with E-state index >= 15 is 0 Å². The van der Waals surface area contributed by atoms with Gasteiger partial charge in [-0.25, -0.2) is 9.18 Å². The summed E-state index contributed by atoms with van der Waals surface area (Å²) in [5.74, 6) is 0.189. The molecule has 0 radical (unpaired) electrons. The van der Waals surface area contributed by atoms with Crippen LogP contribution in [0.1, 0.15) is 6.42 Å². The van der Waals surface area contributed by atoms with Crippen LogP contribution in [0.4, 0.5) is 9.18 Å². The first-order chi connectivity index (χ1) is 13.1. The van der Waals surface area contributed by atoms with Gasteiger partial charge in [-0.05, 0) is 30.7 Å². The first-order valence-corrected chi connectivity index (χ1v) is 8.80. The highest BCUT2D eigenvalue weighted by atomic mass is 19.1. The zero-order valence-corrected chi connectivity index (χ0v) is 14.8. The molecule has 0 unspecified atom stereocenters. The molecule has 2 aromatic carbocycles. The number of amides is 2. The summed E-state index contributed by atoms with van der Waals surface area (Å²) in [6, 6.07) is 14.5. The number of benzene rings is 2. The van der Waals surface area contributed by atoms with Crippen LogP contribution in [0.15, 0.2) is 54.6 Å². The van der Waals surface area contributed by atoms with Gasteiger partial charge in [-0.1, -0.05) is 24.3 Å². The molecule has 0 bridgehead atoms. The zero-order valence-electron chi connectivity index (χ0n) is 14.8. The lowest BCUT2D eigenvalue weighted by atomic mass is 10.3. The molecule has 3 rings (SSSR count). The summed E-state index contributed by atoms with van der Waals surface area (Å²) in [5.41, 5.74) is 0. The van der Waals surface area contributed by atoms with Crippen molar-refractivity contribution in [2.24, 2.45) is 0 Å². The Morgan fingerprint density at radius 1 is 0.889 bits per heavy atom. The van der Waals surface area contributed by atoms with Crippen molar-refractivity contribution in [2.45, 2.75) is 6.42 Å². The van der Waals surface area contributed by atoms with E-state index < -0.39 is 11.9 Å². The number of carbonyl (C=O) groups excluding carboxylic acids is 2. The van der Waals surface area contributed by atoms with Crippen LogP contribution in [0, 0.1) is 5.82 Å². The molecule has 0 N–H and O–H groups in total. The van der Waals surface area contributed by atoms with E-state index in [2.05, 4.69) is 0 Å². The highest BCUT2D eigenvalue weighted by Crippen LogP contribution is 2.14. The second-order valence-corrected chi connectivity index (χ2v) is 6.15. The number of hydrogen-bond acceptors (Lipinski definition) is 4. The maximum atomic E-state index is 13.2. The van der Waals surface area contributed by atoms with E-state index in [1.165, 1.54) is 18.2 Å². The average molecular weight is 372 g/mol. The molecule has 0 spiro atoms. The first-order valence-electron chi connectivity index (χ1n) is 8.80. The highest BCUT2D eigenvalue weighted by molar-refractivity contribution is 5.78. The van der Waals surface area contributed by atoms with Crippen molar-refractivity contribution in [1.29, 1.82) is 0 Å². The van der Waals surface area contributed by atoms with Gasteiger partial charge in [-0.15, -0.1) is 0 Å². The van der Waals surface area contributed by atoms with Gasteiger partial charge >= 0.3 is 6.09 Å². The normalized spacial score (nSPS) is 14.4. The van der Waals surface area contributed by atoms with Gasteiger partial charge in [0, 0.05) is 32.2 Å². The molecule has 2 amide bonds. The summed E-state index contributed by atoms with van der Waals surface area (Å²) < 4.78 is 23.9. The summed E-state index contributed by atoms with van der Waals surface area (Å²) >= 11 is 0. The lowest BCUT2D eigenvalue weighted by Crippen LogP contribution is -2.40. The van der Waals surface area contributed by atoms with E-state index in [0.29, 0.717) is 44.1 Å². The molecule has 6 nitrogen and oxygen atoms in total. The Hall–Kier alpha value is -3.09. The number of ether oxygens (including phenoxy) is 2. The van der Waals surface area contributed by atoms with Crippen molar-refractivity contribution in [3.8, 4) is 11.5 Å². The van der Waals surface area contributed by atoms with Gasteiger partial charge < -0.3 is 19.3 Å². The van der Waals surface area contributed by atoms with Gasteiger partial charge in [-0.2, -0.15) is 0 Å². The molecule has 1 heterocycles. The molecular formula is C20H21FN2O4. The molecular weight excluding hydrogens is 351 g/mol. The van der Waals surface area contributed by atoms with E-state index in [9.17, 15) is 14.0 Å². The standard InChI is InChI=1S/C20H21FN2O4/c21-16-6-4-9-18(14-16)26-15-19(24)22-10-5-11-23(13-12-22)20(25)27-17-7-2-1-3-8-17/h1-4,6-9,14H,5,10-13,15H2. The molecule has 0 saturated carbocycles. The van der Waals surface area contributed by atoms with Crippen LogP contribution >= 0.6 is 0 Å². The van der Waals surface area contributed by atoms with E-state index in [0.717, 1.165) is 0 Å². The Labute approximate surface area is 157 Å². The number of nitrogens with zero attached hydrogens (tertiary/aromatic N) is 2. The number of hydrogen-bond donors (Lipinski definition) is 0. The topological polar surface area (TPSA) is 59.1 Å². The summed E-state index contributed by atoms with van der Waals surface area (Å²) in [5, 5.41) is 0. The fourth-order valence-electron chi connectivity index (χ4n) is 2.80. The second-order valence-electron chi connectivity index (χ2n) is 6.15. The Morgan fingerprint density at radius 3 is 2.37 bits per heavy atom. The minimum atomic E-state index is -0.425. The van der Waals surface area contributed by atoms with Crippen LogP contribution in [-0.4, -0.2) is 54.6 Å². The fourth-order valence-corrected chi connectivity index (χ4v) is 2.80. The van der Waals surface area contributed by atoms with Crippen molar-refractivity contribution < 1.29 is 23.5 Å². The maximum Gasteiger partial charge on any atom is 0.415 e. The van der Waals surface area contributed by atoms with Crippen molar-refractivity contribution in [3.05, 3.63) is 60.4 Å². The zero-order chi connectivity index (χ0) is 19.1. The second kappa shape index (κ2) is 9.02. The molecule has 0 atom stereocenters. The molecule has 2 aromatic rings. The number of rotatable bonds is 4. The Bertz CT molecular complexity index is 785. The number of halogens is 1. The molecule has 1 saturated heterocycles. The molecule has 1 aliphatic heterocycles. The van der Waals surface area contributed by atoms with Crippen molar-refractivity contribution in [2.75, 3.05) is 32.8 Å². The van der Waals surface area contributed by atoms with E-state index in [1.54, 1.807) is 40.1 Å². The minimum Gasteiger partial charge on any atom is -0.484 e. The lowest BCUT2D eigenvalue weighted by Gasteiger charge is -2.22. The van der Waals surface area contributed by atoms with Crippen LogP contribution in [0.3, 0.4) is 0 Å². The van der Waals surface area contributed by atoms with Gasteiger partial charge in [0.15, 0.2) is 6.61 Å². The van der Waals surface area contributed by atoms with Gasteiger partial charge in [0.1, 0.15) is 17.3 Å². The van der Waals surface area contributed by atoms with Gasteiger partial charge in [0.25, 0.3) is 5.91 Å². The first kappa shape index (κ1) is 18.7. The van der Waals surface area contributed by atoms with Gasteiger partial charge in [-0.3, -0.25) is 4.79 Å². The molecule has 142 valence electrons. The summed E-state index contributed by atoms with van der Waals surface area (Å²) in [4.78, 5) is 27.9. The smallest absolute Gasteiger partial charge is 0.415 e. The Balaban J connectivity index is 1.48. The molecule has 0 aromatic heterocycles. The average Bonchev–Trinajstić information content (AvgIpc) is 2.93. The number of para-hydroxylation sites is 1. The van der Waals surface area contributed by atoms with Crippen LogP contribution in [0.2, 0.25) is 0 Å². The van der Waals surface area contributed by atoms with Crippen molar-refractivity contribution >= 4 is 12.0 Å².